The van der Waals surface area contributed by atoms with Crippen molar-refractivity contribution in [3.63, 3.8) is 0 Å². The Labute approximate surface area is 101 Å². The summed E-state index contributed by atoms with van der Waals surface area (Å²) in [6.45, 7) is 1.94. The molecular weight excluding hydrogens is 250 g/mol. The van der Waals surface area contributed by atoms with Crippen LogP contribution >= 0.6 is 22.9 Å². The highest BCUT2D eigenvalue weighted by Crippen LogP contribution is 2.22. The van der Waals surface area contributed by atoms with Crippen LogP contribution in [-0.2, 0) is 9.59 Å². The number of nitrogens with zero attached hydrogens (tertiary/aromatic N) is 3. The second-order valence-electron chi connectivity index (χ2n) is 2.45. The van der Waals surface area contributed by atoms with Gasteiger partial charge in [-0.3, -0.25) is 0 Å². The average molecular weight is 258 g/mol. The Balaban J connectivity index is 0.000000673. The van der Waals surface area contributed by atoms with Crippen molar-refractivity contribution in [3.05, 3.63) is 37.5 Å². The molecule has 0 aliphatic heterocycles. The summed E-state index contributed by atoms with van der Waals surface area (Å²) in [5, 5.41) is 5.47. The number of halogens is 1. The molecule has 0 saturated carbocycles. The van der Waals surface area contributed by atoms with Gasteiger partial charge in [-0.25, -0.2) is 0 Å². The van der Waals surface area contributed by atoms with Crippen molar-refractivity contribution < 1.29 is 9.59 Å². The Morgan fingerprint density at radius 2 is 2.38 bits per heavy atom. The first-order valence-electron chi connectivity index (χ1n) is 4.16. The van der Waals surface area contributed by atoms with E-state index in [2.05, 4.69) is 10.0 Å². The summed E-state index contributed by atoms with van der Waals surface area (Å²) in [6.07, 6.45) is 2.81. The molecule has 0 unspecified atom stereocenters. The number of hydrogen-bond acceptors (Lipinski definition) is 4. The lowest BCUT2D eigenvalue weighted by Crippen LogP contribution is -1.72. The van der Waals surface area contributed by atoms with Gasteiger partial charge in [0.15, 0.2) is 0 Å². The van der Waals surface area contributed by atoms with Gasteiger partial charge in [0.25, 0.3) is 0 Å². The van der Waals surface area contributed by atoms with E-state index in [-0.39, 0.29) is 6.15 Å². The van der Waals surface area contributed by atoms with E-state index in [0.717, 1.165) is 22.0 Å². The van der Waals surface area contributed by atoms with Crippen LogP contribution in [0.3, 0.4) is 0 Å². The van der Waals surface area contributed by atoms with Gasteiger partial charge in [-0.05, 0) is 35.0 Å². The fraction of sp³-hybridized carbons (Fsp3) is 0.222. The van der Waals surface area contributed by atoms with Gasteiger partial charge < -0.3 is 0 Å². The smallest absolute Gasteiger partial charge is 0.186 e. The Morgan fingerprint density at radius 3 is 2.75 bits per heavy atom. The molecule has 0 fully saturated rings. The van der Waals surface area contributed by atoms with Gasteiger partial charge in [0.2, 0.25) is 0 Å². The van der Waals surface area contributed by atoms with Gasteiger partial charge in [-0.1, -0.05) is 23.6 Å². The highest BCUT2D eigenvalue weighted by molar-refractivity contribution is 7.14. The van der Waals surface area contributed by atoms with E-state index in [0.29, 0.717) is 0 Å². The van der Waals surface area contributed by atoms with Crippen molar-refractivity contribution in [3.8, 4) is 0 Å². The van der Waals surface area contributed by atoms with E-state index < -0.39 is 0 Å². The first kappa shape index (κ1) is 14.4. The van der Waals surface area contributed by atoms with Crippen LogP contribution in [0.25, 0.3) is 16.5 Å². The molecule has 0 bridgehead atoms. The SMILES string of the molecule is CC/C(=C/c1csc(Cl)c1)N=[N+]=[N-].O=C=O. The minimum absolute atomic E-state index is 0.250. The number of hydrogen-bond donors (Lipinski definition) is 0. The first-order valence-corrected chi connectivity index (χ1v) is 5.42. The third-order valence-electron chi connectivity index (χ3n) is 1.46. The molecule has 0 saturated heterocycles. The maximum absolute atomic E-state index is 8.25. The summed E-state index contributed by atoms with van der Waals surface area (Å²) >= 11 is 7.21. The topological polar surface area (TPSA) is 82.9 Å². The van der Waals surface area contributed by atoms with E-state index in [1.54, 1.807) is 0 Å². The normalized spacial score (nSPS) is 9.50. The van der Waals surface area contributed by atoms with E-state index in [9.17, 15) is 0 Å². The molecule has 16 heavy (non-hydrogen) atoms. The molecule has 1 aromatic rings. The molecule has 0 spiro atoms. The van der Waals surface area contributed by atoms with E-state index in [4.69, 9.17) is 26.7 Å². The van der Waals surface area contributed by atoms with Crippen molar-refractivity contribution >= 4 is 35.2 Å². The second-order valence-corrected chi connectivity index (χ2v) is 3.99. The van der Waals surface area contributed by atoms with E-state index in [1.807, 2.05) is 24.4 Å². The molecule has 5 nitrogen and oxygen atoms in total. The number of rotatable bonds is 3. The summed E-state index contributed by atoms with van der Waals surface area (Å²) in [5.41, 5.74) is 9.95. The standard InChI is InChI=1S/C8H8ClN3S.CO2/c1-2-7(11-12-10)3-6-4-8(9)13-5-6;2-1-3/h3-5H,2H2,1H3;/b7-3-;. The van der Waals surface area contributed by atoms with Gasteiger partial charge in [-0.2, -0.15) is 9.59 Å². The largest absolute Gasteiger partial charge is 0.373 e. The van der Waals surface area contributed by atoms with Crippen LogP contribution in [-0.4, -0.2) is 6.15 Å². The minimum Gasteiger partial charge on any atom is -0.186 e. The zero-order chi connectivity index (χ0) is 12.4. The Kier molecular flexibility index (Phi) is 7.85. The van der Waals surface area contributed by atoms with Crippen molar-refractivity contribution in [1.82, 2.24) is 0 Å². The zero-order valence-corrected chi connectivity index (χ0v) is 9.96. The third kappa shape index (κ3) is 6.01. The molecule has 0 atom stereocenters. The predicted octanol–water partition coefficient (Wildman–Crippen LogP) is 3.88. The summed E-state index contributed by atoms with van der Waals surface area (Å²) in [6, 6.07) is 1.84. The second kappa shape index (κ2) is 8.71. The van der Waals surface area contributed by atoms with Crippen LogP contribution in [0.2, 0.25) is 4.34 Å². The summed E-state index contributed by atoms with van der Waals surface area (Å²) in [4.78, 5) is 19.0. The molecule has 1 rings (SSSR count). The molecule has 1 heterocycles. The molecule has 0 aliphatic rings. The predicted molar refractivity (Wildman–Crippen MR) is 61.8 cm³/mol. The number of thiophene rings is 1. The molecule has 0 N–H and O–H groups in total. The lowest BCUT2D eigenvalue weighted by Gasteiger charge is -1.91. The van der Waals surface area contributed by atoms with Gasteiger partial charge in [0, 0.05) is 10.6 Å². The van der Waals surface area contributed by atoms with Crippen LogP contribution in [0, 0.1) is 0 Å². The zero-order valence-electron chi connectivity index (χ0n) is 8.38. The van der Waals surface area contributed by atoms with Crippen molar-refractivity contribution in [2.24, 2.45) is 5.11 Å². The molecular formula is C9H8ClN3O2S. The van der Waals surface area contributed by atoms with Crippen molar-refractivity contribution in [1.29, 1.82) is 0 Å². The maximum Gasteiger partial charge on any atom is 0.373 e. The van der Waals surface area contributed by atoms with Crippen LogP contribution < -0.4 is 0 Å². The molecule has 0 amide bonds. The van der Waals surface area contributed by atoms with Crippen LogP contribution in [0.15, 0.2) is 22.3 Å². The Bertz CT molecular complexity index is 443. The van der Waals surface area contributed by atoms with Crippen LogP contribution in [0.4, 0.5) is 0 Å². The summed E-state index contributed by atoms with van der Waals surface area (Å²) in [5.74, 6) is 0. The van der Waals surface area contributed by atoms with Crippen LogP contribution in [0.1, 0.15) is 18.9 Å². The molecule has 1 aromatic heterocycles. The highest BCUT2D eigenvalue weighted by Gasteiger charge is 1.95. The van der Waals surface area contributed by atoms with Crippen LogP contribution in [0.5, 0.6) is 0 Å². The number of azide groups is 1. The monoisotopic (exact) mass is 257 g/mol. The van der Waals surface area contributed by atoms with E-state index >= 15 is 0 Å². The lowest BCUT2D eigenvalue weighted by atomic mass is 10.2. The average Bonchev–Trinajstić information content (AvgIpc) is 2.64. The molecule has 84 valence electrons. The maximum atomic E-state index is 8.25. The Morgan fingerprint density at radius 1 is 1.75 bits per heavy atom. The lowest BCUT2D eigenvalue weighted by molar-refractivity contribution is -0.191. The molecule has 0 aromatic carbocycles. The first-order chi connectivity index (χ1) is 7.67. The summed E-state index contributed by atoms with van der Waals surface area (Å²) < 4.78 is 0.739. The van der Waals surface area contributed by atoms with E-state index in [1.165, 1.54) is 11.3 Å². The van der Waals surface area contributed by atoms with Gasteiger partial charge in [-0.15, -0.1) is 11.3 Å². The third-order valence-corrected chi connectivity index (χ3v) is 2.57. The minimum atomic E-state index is 0.250. The fourth-order valence-corrected chi connectivity index (χ4v) is 1.70. The highest BCUT2D eigenvalue weighted by atomic mass is 35.5. The van der Waals surface area contributed by atoms with Gasteiger partial charge >= 0.3 is 6.15 Å². The van der Waals surface area contributed by atoms with Gasteiger partial charge in [0.05, 0.1) is 4.34 Å². The molecule has 7 heteroatoms. The number of allylic oxidation sites excluding steroid dienone is 1. The van der Waals surface area contributed by atoms with Crippen molar-refractivity contribution in [2.75, 3.05) is 0 Å². The quantitative estimate of drug-likeness (QED) is 0.468. The van der Waals surface area contributed by atoms with Gasteiger partial charge in [0.1, 0.15) is 0 Å². The summed E-state index contributed by atoms with van der Waals surface area (Å²) in [7, 11) is 0. The molecule has 0 radical (unpaired) electrons. The number of carbonyl (C=O) groups excluding carboxylic acids is 2. The fourth-order valence-electron chi connectivity index (χ4n) is 0.851. The molecule has 0 aliphatic carbocycles. The van der Waals surface area contributed by atoms with Crippen molar-refractivity contribution in [2.45, 2.75) is 13.3 Å². The Hall–Kier alpha value is -1.58.